The van der Waals surface area contributed by atoms with Crippen molar-refractivity contribution in [3.63, 3.8) is 0 Å². The molecule has 2 aromatic carbocycles. The van der Waals surface area contributed by atoms with Gasteiger partial charge < -0.3 is 47.7 Å². The number of nitrogens with zero attached hydrogens (tertiary/aromatic N) is 7. The van der Waals surface area contributed by atoms with Crippen LogP contribution in [0.3, 0.4) is 0 Å². The van der Waals surface area contributed by atoms with E-state index in [9.17, 15) is 9.59 Å². The van der Waals surface area contributed by atoms with Crippen LogP contribution in [0, 0.1) is 0 Å². The van der Waals surface area contributed by atoms with Gasteiger partial charge in [0.05, 0.1) is 99.8 Å². The number of thioether (sulfide) groups is 1. The molecule has 18 heteroatoms. The van der Waals surface area contributed by atoms with Gasteiger partial charge in [0.1, 0.15) is 25.6 Å². The van der Waals surface area contributed by atoms with Crippen molar-refractivity contribution in [3.8, 4) is 28.7 Å². The number of hydrogen-bond acceptors (Lipinski definition) is 16. The summed E-state index contributed by atoms with van der Waals surface area (Å²) in [6.07, 6.45) is 11.5. The first-order valence-electron chi connectivity index (χ1n) is 25.0. The quantitative estimate of drug-likeness (QED) is 0.0656. The molecule has 2 atom stereocenters. The molecule has 0 unspecified atom stereocenters. The van der Waals surface area contributed by atoms with Crippen LogP contribution in [0.4, 0.5) is 11.4 Å². The van der Waals surface area contributed by atoms with Crippen molar-refractivity contribution in [2.75, 3.05) is 119 Å². The molecule has 1 aromatic heterocycles. The first-order valence-corrected chi connectivity index (χ1v) is 26.2. The molecule has 3 fully saturated rings. The Bertz CT molecular complexity index is 2370. The van der Waals surface area contributed by atoms with Gasteiger partial charge in [0.2, 0.25) is 0 Å². The minimum atomic E-state index is -0.108. The summed E-state index contributed by atoms with van der Waals surface area (Å²) < 4.78 is 48.3. The van der Waals surface area contributed by atoms with Crippen LogP contribution in [0.5, 0.6) is 28.7 Å². The second-order valence-electron chi connectivity index (χ2n) is 19.0. The van der Waals surface area contributed by atoms with Crippen LogP contribution < -0.4 is 23.7 Å². The number of aromatic nitrogens is 1. The molecule has 6 heterocycles. The molecule has 0 N–H and O–H groups in total. The fourth-order valence-electron chi connectivity index (χ4n) is 9.38. The zero-order chi connectivity index (χ0) is 50.6. The van der Waals surface area contributed by atoms with Crippen molar-refractivity contribution in [1.29, 1.82) is 0 Å². The molecule has 388 valence electrons. The molecule has 3 aromatic rings. The first kappa shape index (κ1) is 52.8. The lowest BCUT2D eigenvalue weighted by molar-refractivity contribution is 0.00544. The maximum atomic E-state index is 13.8. The molecule has 5 aliphatic rings. The van der Waals surface area contributed by atoms with Crippen LogP contribution in [0.1, 0.15) is 72.6 Å². The van der Waals surface area contributed by atoms with E-state index < -0.39 is 0 Å². The molecule has 5 aliphatic heterocycles. The van der Waals surface area contributed by atoms with Crippen LogP contribution >= 0.6 is 11.8 Å². The highest BCUT2D eigenvalue weighted by molar-refractivity contribution is 7.99. The van der Waals surface area contributed by atoms with Crippen LogP contribution in [0.15, 0.2) is 69.7 Å². The number of methoxy groups -OCH3 is 2. The standard InChI is InChI=1S/C54H71N7O10S/c1-8-37-22-41-30-55-46-28-50(48(64-5)26-44(46)52(62)60(41)32-37)70-34-39-24-43(69-19-14-59(36-54(3,4)72-7)13-18-68-21-20-67-17-12-58-10-15-66-16-11-58)25-40(57-39)35-71-51-29-47-45(27-49(51)65-6)53(63)61-33-38(9-2)23-42(61)31-56-47/h8-9,24-31,41-42H,10-23,32-36H2,1-7H3/b37-8+,38-9+/t41-,42-/m0/s1. The molecule has 72 heavy (non-hydrogen) atoms. The molecule has 0 bridgehead atoms. The van der Waals surface area contributed by atoms with Gasteiger partial charge in [0.25, 0.3) is 11.8 Å². The first-order chi connectivity index (χ1) is 35.0. The molecule has 0 aliphatic carbocycles. The summed E-state index contributed by atoms with van der Waals surface area (Å²) in [5.74, 6) is 2.05. The van der Waals surface area contributed by atoms with Gasteiger partial charge in [-0.15, -0.1) is 0 Å². The Labute approximate surface area is 428 Å². The average Bonchev–Trinajstić information content (AvgIpc) is 3.97. The second kappa shape index (κ2) is 25.0. The van der Waals surface area contributed by atoms with E-state index in [4.69, 9.17) is 52.9 Å². The molecule has 0 spiro atoms. The third-order valence-electron chi connectivity index (χ3n) is 13.7. The largest absolute Gasteiger partial charge is 0.493 e. The number of carbonyl (C=O) groups is 2. The van der Waals surface area contributed by atoms with Crippen molar-refractivity contribution in [1.82, 2.24) is 24.6 Å². The lowest BCUT2D eigenvalue weighted by Gasteiger charge is -2.31. The number of benzene rings is 2. The third kappa shape index (κ3) is 13.4. The lowest BCUT2D eigenvalue weighted by atomic mass is 10.1. The molecule has 3 saturated heterocycles. The highest BCUT2D eigenvalue weighted by atomic mass is 32.2. The Morgan fingerprint density at radius 1 is 0.708 bits per heavy atom. The molecule has 0 saturated carbocycles. The molecule has 2 amide bonds. The summed E-state index contributed by atoms with van der Waals surface area (Å²) >= 11 is 1.83. The van der Waals surface area contributed by atoms with E-state index in [0.717, 1.165) is 58.8 Å². The van der Waals surface area contributed by atoms with Crippen molar-refractivity contribution in [3.05, 3.63) is 82.2 Å². The molecular weight excluding hydrogens is 939 g/mol. The van der Waals surface area contributed by atoms with Crippen molar-refractivity contribution in [2.24, 2.45) is 9.98 Å². The maximum Gasteiger partial charge on any atom is 0.257 e. The smallest absolute Gasteiger partial charge is 0.257 e. The minimum Gasteiger partial charge on any atom is -0.493 e. The van der Waals surface area contributed by atoms with E-state index in [-0.39, 0.29) is 41.9 Å². The van der Waals surface area contributed by atoms with Gasteiger partial charge >= 0.3 is 0 Å². The predicted octanol–water partition coefficient (Wildman–Crippen LogP) is 7.20. The van der Waals surface area contributed by atoms with E-state index in [2.05, 4.69) is 42.1 Å². The van der Waals surface area contributed by atoms with Gasteiger partial charge in [0.15, 0.2) is 23.0 Å². The SMILES string of the molecule is C/C=C1\C[C@H]2C=Nc3cc(OCc4cc(OCCN(CCOCCOCCN5CCOCC5)CC(C)(C)SC)cc(COc5cc6c(cc5OC)C(=O)N5C/C(=C/C)C[C@H]5C=N6)n4)c(OC)cc3C(=O)N2C1. The number of hydrogen-bond donors (Lipinski definition) is 0. The summed E-state index contributed by atoms with van der Waals surface area (Å²) in [6.45, 7) is 19.1. The van der Waals surface area contributed by atoms with E-state index in [1.165, 1.54) is 11.1 Å². The van der Waals surface area contributed by atoms with E-state index in [0.29, 0.717) is 115 Å². The Hall–Kier alpha value is -5.50. The summed E-state index contributed by atoms with van der Waals surface area (Å²) in [5.41, 5.74) is 5.52. The number of morpholine rings is 1. The summed E-state index contributed by atoms with van der Waals surface area (Å²) in [4.78, 5) is 50.5. The minimum absolute atomic E-state index is 0.0122. The zero-order valence-corrected chi connectivity index (χ0v) is 43.8. The van der Waals surface area contributed by atoms with Crippen molar-refractivity contribution < 1.29 is 47.5 Å². The number of pyridine rings is 1. The van der Waals surface area contributed by atoms with Gasteiger partial charge in [-0.25, -0.2) is 0 Å². The molecule has 8 rings (SSSR count). The van der Waals surface area contributed by atoms with Crippen molar-refractivity contribution >= 4 is 47.4 Å². The highest BCUT2D eigenvalue weighted by Crippen LogP contribution is 2.41. The Balaban J connectivity index is 0.967. The monoisotopic (exact) mass is 1010 g/mol. The van der Waals surface area contributed by atoms with Crippen LogP contribution in [0.2, 0.25) is 0 Å². The Morgan fingerprint density at radius 2 is 1.24 bits per heavy atom. The van der Waals surface area contributed by atoms with Gasteiger partial charge in [-0.1, -0.05) is 23.3 Å². The second-order valence-corrected chi connectivity index (χ2v) is 20.5. The number of rotatable bonds is 24. The van der Waals surface area contributed by atoms with Gasteiger partial charge in [0, 0.05) is 93.8 Å². The number of aliphatic imine (C=N–C) groups is 2. The number of ether oxygens (including phenoxy) is 8. The normalized spacial score (nSPS) is 19.9. The Morgan fingerprint density at radius 3 is 1.75 bits per heavy atom. The summed E-state index contributed by atoms with van der Waals surface area (Å²) in [5, 5.41) is 0. The number of carbonyl (C=O) groups excluding carboxylic acids is 2. The fraction of sp³-hybridized carbons (Fsp3) is 0.537. The number of fused-ring (bicyclic) bond motifs is 4. The Kier molecular flexibility index (Phi) is 18.3. The number of allylic oxidation sites excluding steroid dienone is 2. The van der Waals surface area contributed by atoms with E-state index in [1.54, 1.807) is 38.5 Å². The third-order valence-corrected chi connectivity index (χ3v) is 14.9. The van der Waals surface area contributed by atoms with Crippen LogP contribution in [-0.4, -0.2) is 185 Å². The zero-order valence-electron chi connectivity index (χ0n) is 43.0. The fourth-order valence-corrected chi connectivity index (χ4v) is 9.69. The van der Waals surface area contributed by atoms with Crippen LogP contribution in [0.25, 0.3) is 0 Å². The average molecular weight is 1010 g/mol. The van der Waals surface area contributed by atoms with Crippen molar-refractivity contribution in [2.45, 2.75) is 70.6 Å². The van der Waals surface area contributed by atoms with Gasteiger partial charge in [-0.05, 0) is 58.9 Å². The van der Waals surface area contributed by atoms with Crippen LogP contribution in [-0.2, 0) is 27.4 Å². The molecule has 17 nitrogen and oxygen atoms in total. The highest BCUT2D eigenvalue weighted by Gasteiger charge is 2.36. The molecular formula is C54H71N7O10S. The molecule has 0 radical (unpaired) electrons. The maximum absolute atomic E-state index is 13.8. The summed E-state index contributed by atoms with van der Waals surface area (Å²) in [7, 11) is 3.11. The predicted molar refractivity (Wildman–Crippen MR) is 280 cm³/mol. The van der Waals surface area contributed by atoms with E-state index in [1.807, 2.05) is 60.0 Å². The van der Waals surface area contributed by atoms with Gasteiger partial charge in [-0.3, -0.25) is 34.4 Å². The lowest BCUT2D eigenvalue weighted by Crippen LogP contribution is -2.40. The van der Waals surface area contributed by atoms with E-state index >= 15 is 0 Å². The summed E-state index contributed by atoms with van der Waals surface area (Å²) in [6, 6.07) is 10.4. The number of amides is 2. The van der Waals surface area contributed by atoms with Gasteiger partial charge in [-0.2, -0.15) is 11.8 Å². The topological polar surface area (TPSA) is 159 Å².